The van der Waals surface area contributed by atoms with Crippen molar-refractivity contribution in [3.63, 3.8) is 0 Å². The molecule has 1 atom stereocenters. The summed E-state index contributed by atoms with van der Waals surface area (Å²) >= 11 is 0. The van der Waals surface area contributed by atoms with Gasteiger partial charge in [0, 0.05) is 19.5 Å². The number of rotatable bonds is 8. The van der Waals surface area contributed by atoms with Crippen LogP contribution in [0, 0.1) is 0 Å². The third kappa shape index (κ3) is 6.36. The summed E-state index contributed by atoms with van der Waals surface area (Å²) in [5, 5.41) is 3.06. The molecular weight excluding hydrogens is 288 g/mol. The second-order valence-electron chi connectivity index (χ2n) is 5.08. The molecule has 21 heavy (non-hydrogen) atoms. The molecule has 0 spiro atoms. The molecule has 5 heteroatoms. The van der Waals surface area contributed by atoms with E-state index in [1.54, 1.807) is 7.11 Å². The summed E-state index contributed by atoms with van der Waals surface area (Å²) in [5.41, 5.74) is 1.14. The van der Waals surface area contributed by atoms with Crippen LogP contribution in [0.5, 0.6) is 5.75 Å². The fraction of sp³-hybridized carbons (Fsp3) is 0.562. The van der Waals surface area contributed by atoms with E-state index >= 15 is 0 Å². The number of nitrogens with zero attached hydrogens (tertiary/aromatic N) is 1. The van der Waals surface area contributed by atoms with Crippen molar-refractivity contribution >= 4 is 18.3 Å². The monoisotopic (exact) mass is 314 g/mol. The Morgan fingerprint density at radius 1 is 1.38 bits per heavy atom. The summed E-state index contributed by atoms with van der Waals surface area (Å²) in [6, 6.07) is 8.12. The Morgan fingerprint density at radius 3 is 2.67 bits per heavy atom. The number of hydrogen-bond acceptors (Lipinski definition) is 3. The minimum atomic E-state index is 0. The van der Waals surface area contributed by atoms with E-state index in [4.69, 9.17) is 4.74 Å². The second-order valence-corrected chi connectivity index (χ2v) is 5.08. The van der Waals surface area contributed by atoms with E-state index in [0.717, 1.165) is 30.7 Å². The Hall–Kier alpha value is -1.26. The smallest absolute Gasteiger partial charge is 0.222 e. The van der Waals surface area contributed by atoms with Crippen LogP contribution >= 0.6 is 12.4 Å². The van der Waals surface area contributed by atoms with Crippen molar-refractivity contribution in [1.82, 2.24) is 10.2 Å². The molecule has 1 amide bonds. The number of benzene rings is 1. The van der Waals surface area contributed by atoms with Crippen LogP contribution in [0.15, 0.2) is 24.3 Å². The van der Waals surface area contributed by atoms with Crippen molar-refractivity contribution < 1.29 is 9.53 Å². The quantitative estimate of drug-likeness (QED) is 0.750. The molecule has 120 valence electrons. The first-order valence-electron chi connectivity index (χ1n) is 7.12. The van der Waals surface area contributed by atoms with Crippen LogP contribution in [0.3, 0.4) is 0 Å². The number of methoxy groups -OCH3 is 1. The van der Waals surface area contributed by atoms with Gasteiger partial charge in [-0.3, -0.25) is 4.79 Å². The third-order valence-corrected chi connectivity index (χ3v) is 3.58. The molecule has 1 aromatic carbocycles. The average Bonchev–Trinajstić information content (AvgIpc) is 2.47. The van der Waals surface area contributed by atoms with E-state index in [1.165, 1.54) is 0 Å². The molecule has 0 radical (unpaired) electrons. The molecule has 0 aromatic heterocycles. The Morgan fingerprint density at radius 2 is 2.05 bits per heavy atom. The number of likely N-dealkylation sites (N-methyl/N-ethyl adjacent to an activating group) is 1. The number of hydrogen-bond donors (Lipinski definition) is 1. The van der Waals surface area contributed by atoms with Gasteiger partial charge in [-0.25, -0.2) is 0 Å². The van der Waals surface area contributed by atoms with Crippen LogP contribution < -0.4 is 10.1 Å². The highest BCUT2D eigenvalue weighted by atomic mass is 35.5. The first-order chi connectivity index (χ1) is 9.60. The van der Waals surface area contributed by atoms with Crippen molar-refractivity contribution in [2.24, 2.45) is 0 Å². The number of carbonyl (C=O) groups is 1. The van der Waals surface area contributed by atoms with E-state index in [-0.39, 0.29) is 24.4 Å². The fourth-order valence-electron chi connectivity index (χ4n) is 2.17. The molecule has 4 nitrogen and oxygen atoms in total. The zero-order valence-corrected chi connectivity index (χ0v) is 14.2. The molecule has 0 saturated carbocycles. The number of carbonyl (C=O) groups excluding carboxylic acids is 1. The summed E-state index contributed by atoms with van der Waals surface area (Å²) in [6.07, 6.45) is 2.27. The van der Waals surface area contributed by atoms with Gasteiger partial charge in [-0.1, -0.05) is 18.2 Å². The van der Waals surface area contributed by atoms with E-state index in [0.29, 0.717) is 6.42 Å². The summed E-state index contributed by atoms with van der Waals surface area (Å²) in [7, 11) is 5.45. The van der Waals surface area contributed by atoms with Gasteiger partial charge in [0.05, 0.1) is 7.11 Å². The number of nitrogens with one attached hydrogen (secondary N) is 1. The largest absolute Gasteiger partial charge is 0.496 e. The molecule has 1 unspecified atom stereocenters. The van der Waals surface area contributed by atoms with E-state index < -0.39 is 0 Å². The van der Waals surface area contributed by atoms with Crippen molar-refractivity contribution in [1.29, 1.82) is 0 Å². The lowest BCUT2D eigenvalue weighted by Gasteiger charge is -2.25. The Kier molecular flexibility index (Phi) is 9.84. The van der Waals surface area contributed by atoms with E-state index in [9.17, 15) is 4.79 Å². The maximum absolute atomic E-state index is 12.1. The molecule has 0 heterocycles. The van der Waals surface area contributed by atoms with Gasteiger partial charge < -0.3 is 15.0 Å². The van der Waals surface area contributed by atoms with Gasteiger partial charge in [-0.05, 0) is 45.0 Å². The zero-order chi connectivity index (χ0) is 15.0. The maximum atomic E-state index is 12.1. The highest BCUT2D eigenvalue weighted by Crippen LogP contribution is 2.20. The lowest BCUT2D eigenvalue weighted by atomic mass is 10.0. The SMILES string of the molecule is CNCCCC(=O)N(C)C(C)Cc1ccccc1OC.Cl. The van der Waals surface area contributed by atoms with Crippen LogP contribution in [0.25, 0.3) is 0 Å². The minimum absolute atomic E-state index is 0. The Balaban J connectivity index is 0.00000400. The molecule has 1 N–H and O–H groups in total. The molecule has 1 aromatic rings. The van der Waals surface area contributed by atoms with Gasteiger partial charge in [0.25, 0.3) is 0 Å². The molecule has 0 aliphatic carbocycles. The predicted molar refractivity (Wildman–Crippen MR) is 89.3 cm³/mol. The van der Waals surface area contributed by atoms with E-state index in [2.05, 4.69) is 18.3 Å². The lowest BCUT2D eigenvalue weighted by Crippen LogP contribution is -2.36. The van der Waals surface area contributed by atoms with Crippen LogP contribution in [-0.2, 0) is 11.2 Å². The predicted octanol–water partition coefficient (Wildman–Crippen LogP) is 2.51. The molecule has 0 saturated heterocycles. The summed E-state index contributed by atoms with van der Waals surface area (Å²) in [4.78, 5) is 13.9. The van der Waals surface area contributed by atoms with Crippen LogP contribution in [-0.4, -0.2) is 44.6 Å². The Bertz CT molecular complexity index is 426. The summed E-state index contributed by atoms with van der Waals surface area (Å²) in [5.74, 6) is 1.08. The number of ether oxygens (including phenoxy) is 1. The topological polar surface area (TPSA) is 41.6 Å². The average molecular weight is 315 g/mol. The van der Waals surface area contributed by atoms with Crippen LogP contribution in [0.4, 0.5) is 0 Å². The molecule has 0 bridgehead atoms. The van der Waals surface area contributed by atoms with Gasteiger partial charge >= 0.3 is 0 Å². The van der Waals surface area contributed by atoms with E-state index in [1.807, 2.05) is 37.2 Å². The van der Waals surface area contributed by atoms with Gasteiger partial charge in [0.15, 0.2) is 0 Å². The molecule has 1 rings (SSSR count). The fourth-order valence-corrected chi connectivity index (χ4v) is 2.17. The van der Waals surface area contributed by atoms with Gasteiger partial charge in [0.1, 0.15) is 5.75 Å². The maximum Gasteiger partial charge on any atom is 0.222 e. The van der Waals surface area contributed by atoms with Crippen LogP contribution in [0.1, 0.15) is 25.3 Å². The van der Waals surface area contributed by atoms with Gasteiger partial charge in [-0.15, -0.1) is 12.4 Å². The normalized spacial score (nSPS) is 11.4. The number of halogens is 1. The lowest BCUT2D eigenvalue weighted by molar-refractivity contribution is -0.131. The number of amides is 1. The first kappa shape index (κ1) is 19.7. The molecular formula is C16H27ClN2O2. The second kappa shape index (κ2) is 10.5. The zero-order valence-electron chi connectivity index (χ0n) is 13.4. The first-order valence-corrected chi connectivity index (χ1v) is 7.12. The van der Waals surface area contributed by atoms with Crippen molar-refractivity contribution in [3.8, 4) is 5.75 Å². The highest BCUT2D eigenvalue weighted by Gasteiger charge is 2.17. The summed E-state index contributed by atoms with van der Waals surface area (Å²) < 4.78 is 5.35. The Labute approximate surface area is 134 Å². The summed E-state index contributed by atoms with van der Waals surface area (Å²) in [6.45, 7) is 2.95. The van der Waals surface area contributed by atoms with Crippen molar-refractivity contribution in [3.05, 3.63) is 29.8 Å². The van der Waals surface area contributed by atoms with Crippen molar-refractivity contribution in [2.45, 2.75) is 32.2 Å². The minimum Gasteiger partial charge on any atom is -0.496 e. The standard InChI is InChI=1S/C16H26N2O2.ClH/c1-13(18(3)16(19)10-7-11-17-2)12-14-8-5-6-9-15(14)20-4;/h5-6,8-9,13,17H,7,10-12H2,1-4H3;1H. The van der Waals surface area contributed by atoms with Crippen LogP contribution in [0.2, 0.25) is 0 Å². The molecule has 0 aliphatic heterocycles. The van der Waals surface area contributed by atoms with Crippen molar-refractivity contribution in [2.75, 3.05) is 27.7 Å². The third-order valence-electron chi connectivity index (χ3n) is 3.58. The highest BCUT2D eigenvalue weighted by molar-refractivity contribution is 5.85. The molecule has 0 fully saturated rings. The molecule has 0 aliphatic rings. The van der Waals surface area contributed by atoms with Gasteiger partial charge in [0.2, 0.25) is 5.91 Å². The van der Waals surface area contributed by atoms with Gasteiger partial charge in [-0.2, -0.15) is 0 Å². The number of para-hydroxylation sites is 1.